The predicted octanol–water partition coefficient (Wildman–Crippen LogP) is -0.908. The molecule has 1 saturated heterocycles. The van der Waals surface area contributed by atoms with E-state index in [0.29, 0.717) is 13.1 Å². The van der Waals surface area contributed by atoms with Crippen LogP contribution in [0.5, 0.6) is 0 Å². The molecule has 3 N–H and O–H groups in total. The number of carbonyl (C=O) groups excluding carboxylic acids is 1. The van der Waals surface area contributed by atoms with Crippen LogP contribution in [0.2, 0.25) is 0 Å². The fourth-order valence-corrected chi connectivity index (χ4v) is 1.89. The van der Waals surface area contributed by atoms with Gasteiger partial charge in [0.2, 0.25) is 0 Å². The number of nitrogens with one attached hydrogen (secondary N) is 3. The van der Waals surface area contributed by atoms with Gasteiger partial charge in [0, 0.05) is 26.4 Å². The number of ether oxygens (including phenoxy) is 1. The molecule has 1 aliphatic rings. The van der Waals surface area contributed by atoms with Crippen LogP contribution in [0.3, 0.4) is 0 Å². The van der Waals surface area contributed by atoms with Crippen molar-refractivity contribution in [3.63, 3.8) is 0 Å². The smallest absolute Gasteiger partial charge is 0.260 e. The zero-order valence-corrected chi connectivity index (χ0v) is 9.53. The number of hydrogen-bond donors (Lipinski definition) is 3. The topological polar surface area (TPSA) is 83.2 Å². The van der Waals surface area contributed by atoms with Crippen molar-refractivity contribution in [3.8, 4) is 0 Å². The number of pyridine rings is 1. The highest BCUT2D eigenvalue weighted by atomic mass is 16.5. The van der Waals surface area contributed by atoms with Gasteiger partial charge in [-0.05, 0) is 12.1 Å². The van der Waals surface area contributed by atoms with Crippen LogP contribution in [0, 0.1) is 0 Å². The quantitative estimate of drug-likeness (QED) is 0.635. The van der Waals surface area contributed by atoms with Gasteiger partial charge in [-0.3, -0.25) is 9.59 Å². The molecular weight excluding hydrogens is 222 g/mol. The standard InChI is InChI=1S/C11H15N3O3/c1-17-9-6-12-5-8(9)14-11(16)7-3-2-4-13-10(7)15/h2-4,8-9,12H,5-6H2,1H3,(H,13,15)(H,14,16)/t8?,9-/m0/s1. The Morgan fingerprint density at radius 3 is 3.06 bits per heavy atom. The van der Waals surface area contributed by atoms with Gasteiger partial charge >= 0.3 is 0 Å². The number of rotatable bonds is 3. The Kier molecular flexibility index (Phi) is 3.55. The maximum absolute atomic E-state index is 11.9. The molecule has 6 nitrogen and oxygen atoms in total. The van der Waals surface area contributed by atoms with Crippen molar-refractivity contribution in [1.82, 2.24) is 15.6 Å². The Hall–Kier alpha value is -1.66. The zero-order chi connectivity index (χ0) is 12.3. The Bertz CT molecular complexity index is 457. The van der Waals surface area contributed by atoms with E-state index in [1.54, 1.807) is 13.2 Å². The van der Waals surface area contributed by atoms with Crippen molar-refractivity contribution in [2.45, 2.75) is 12.1 Å². The van der Waals surface area contributed by atoms with Crippen molar-refractivity contribution in [1.29, 1.82) is 0 Å². The maximum Gasteiger partial charge on any atom is 0.260 e. The van der Waals surface area contributed by atoms with Crippen LogP contribution in [0.4, 0.5) is 0 Å². The molecule has 1 fully saturated rings. The van der Waals surface area contributed by atoms with Crippen LogP contribution in [0.15, 0.2) is 23.1 Å². The molecular formula is C11H15N3O3. The second kappa shape index (κ2) is 5.11. The summed E-state index contributed by atoms with van der Waals surface area (Å²) in [6.07, 6.45) is 1.44. The largest absolute Gasteiger partial charge is 0.378 e. The lowest BCUT2D eigenvalue weighted by Crippen LogP contribution is -2.44. The second-order valence-electron chi connectivity index (χ2n) is 3.93. The monoisotopic (exact) mass is 237 g/mol. The molecule has 0 aromatic carbocycles. The summed E-state index contributed by atoms with van der Waals surface area (Å²) < 4.78 is 5.23. The number of methoxy groups -OCH3 is 1. The highest BCUT2D eigenvalue weighted by Gasteiger charge is 2.28. The summed E-state index contributed by atoms with van der Waals surface area (Å²) in [4.78, 5) is 25.8. The van der Waals surface area contributed by atoms with Crippen molar-refractivity contribution in [2.24, 2.45) is 0 Å². The second-order valence-corrected chi connectivity index (χ2v) is 3.93. The van der Waals surface area contributed by atoms with Crippen molar-refractivity contribution < 1.29 is 9.53 Å². The minimum Gasteiger partial charge on any atom is -0.378 e. The molecule has 1 amide bonds. The number of H-pyrrole nitrogens is 1. The van der Waals surface area contributed by atoms with Crippen molar-refractivity contribution >= 4 is 5.91 Å². The molecule has 1 unspecified atom stereocenters. The van der Waals surface area contributed by atoms with Gasteiger partial charge in [-0.25, -0.2) is 0 Å². The first-order valence-electron chi connectivity index (χ1n) is 5.44. The van der Waals surface area contributed by atoms with Gasteiger partial charge in [-0.1, -0.05) is 0 Å². The zero-order valence-electron chi connectivity index (χ0n) is 9.53. The van der Waals surface area contributed by atoms with Crippen LogP contribution in [-0.2, 0) is 4.74 Å². The van der Waals surface area contributed by atoms with Crippen molar-refractivity contribution in [3.05, 3.63) is 34.2 Å². The van der Waals surface area contributed by atoms with Gasteiger partial charge in [0.25, 0.3) is 11.5 Å². The first-order chi connectivity index (χ1) is 8.22. The Morgan fingerprint density at radius 2 is 2.35 bits per heavy atom. The van der Waals surface area contributed by atoms with Crippen LogP contribution >= 0.6 is 0 Å². The van der Waals surface area contributed by atoms with Gasteiger partial charge in [0.15, 0.2) is 0 Å². The first-order valence-corrected chi connectivity index (χ1v) is 5.44. The maximum atomic E-state index is 11.9. The summed E-state index contributed by atoms with van der Waals surface area (Å²) in [5.74, 6) is -0.373. The molecule has 0 bridgehead atoms. The van der Waals surface area contributed by atoms with Crippen LogP contribution in [0.1, 0.15) is 10.4 Å². The first kappa shape index (κ1) is 11.8. The lowest BCUT2D eigenvalue weighted by Gasteiger charge is -2.18. The Labute approximate surface area is 98.4 Å². The van der Waals surface area contributed by atoms with E-state index in [9.17, 15) is 9.59 Å². The molecule has 1 aliphatic heterocycles. The van der Waals surface area contributed by atoms with Crippen LogP contribution in [0.25, 0.3) is 0 Å². The molecule has 0 aliphatic carbocycles. The average Bonchev–Trinajstić information content (AvgIpc) is 2.76. The summed E-state index contributed by atoms with van der Waals surface area (Å²) in [7, 11) is 1.60. The van der Waals surface area contributed by atoms with Crippen molar-refractivity contribution in [2.75, 3.05) is 20.2 Å². The molecule has 0 radical (unpaired) electrons. The fraction of sp³-hybridized carbons (Fsp3) is 0.455. The minimum atomic E-state index is -0.384. The number of amides is 1. The number of carbonyl (C=O) groups is 1. The molecule has 6 heteroatoms. The SMILES string of the molecule is CO[C@H]1CNCC1NC(=O)c1ccc[nH]c1=O. The number of hydrogen-bond acceptors (Lipinski definition) is 4. The van der Waals surface area contributed by atoms with E-state index in [2.05, 4.69) is 15.6 Å². The molecule has 2 rings (SSSR count). The van der Waals surface area contributed by atoms with Gasteiger partial charge < -0.3 is 20.4 Å². The molecule has 2 atom stereocenters. The van der Waals surface area contributed by atoms with E-state index >= 15 is 0 Å². The third kappa shape index (κ3) is 2.54. The average molecular weight is 237 g/mol. The Morgan fingerprint density at radius 1 is 1.53 bits per heavy atom. The van der Waals surface area contributed by atoms with Crippen LogP contribution in [-0.4, -0.2) is 43.2 Å². The van der Waals surface area contributed by atoms with Gasteiger partial charge in [0.05, 0.1) is 12.1 Å². The van der Waals surface area contributed by atoms with E-state index in [-0.39, 0.29) is 29.2 Å². The molecule has 0 spiro atoms. The molecule has 92 valence electrons. The molecule has 1 aromatic heterocycles. The van der Waals surface area contributed by atoms with E-state index in [1.807, 2.05) is 0 Å². The predicted molar refractivity (Wildman–Crippen MR) is 62.0 cm³/mol. The lowest BCUT2D eigenvalue weighted by molar-refractivity contribution is 0.0779. The van der Waals surface area contributed by atoms with E-state index in [0.717, 1.165) is 0 Å². The summed E-state index contributed by atoms with van der Waals surface area (Å²) in [5, 5.41) is 5.91. The summed E-state index contributed by atoms with van der Waals surface area (Å²) in [6.45, 7) is 1.35. The molecule has 0 saturated carbocycles. The van der Waals surface area contributed by atoms with Gasteiger partial charge in [0.1, 0.15) is 5.56 Å². The third-order valence-corrected chi connectivity index (χ3v) is 2.84. The van der Waals surface area contributed by atoms with Gasteiger partial charge in [-0.15, -0.1) is 0 Å². The lowest BCUT2D eigenvalue weighted by atomic mass is 10.2. The third-order valence-electron chi connectivity index (χ3n) is 2.84. The summed E-state index contributed by atoms with van der Waals surface area (Å²) >= 11 is 0. The molecule has 1 aromatic rings. The Balaban J connectivity index is 2.07. The van der Waals surface area contributed by atoms with E-state index < -0.39 is 0 Å². The van der Waals surface area contributed by atoms with E-state index in [1.165, 1.54) is 12.3 Å². The molecule has 17 heavy (non-hydrogen) atoms. The number of aromatic nitrogens is 1. The van der Waals surface area contributed by atoms with E-state index in [4.69, 9.17) is 4.74 Å². The summed E-state index contributed by atoms with van der Waals surface area (Å²) in [6, 6.07) is 3.02. The molecule has 2 heterocycles. The normalized spacial score (nSPS) is 23.6. The van der Waals surface area contributed by atoms with Gasteiger partial charge in [-0.2, -0.15) is 0 Å². The number of aromatic amines is 1. The van der Waals surface area contributed by atoms with Crippen LogP contribution < -0.4 is 16.2 Å². The fourth-order valence-electron chi connectivity index (χ4n) is 1.89. The minimum absolute atomic E-state index is 0.0539. The summed E-state index contributed by atoms with van der Waals surface area (Å²) in [5.41, 5.74) is -0.265. The highest BCUT2D eigenvalue weighted by Crippen LogP contribution is 2.04. The highest BCUT2D eigenvalue weighted by molar-refractivity contribution is 5.94.